The zero-order valence-electron chi connectivity index (χ0n) is 38.5. The Labute approximate surface area is 374 Å². The van der Waals surface area contributed by atoms with Gasteiger partial charge in [0.25, 0.3) is 0 Å². The van der Waals surface area contributed by atoms with Gasteiger partial charge in [-0.3, -0.25) is 9.98 Å². The van der Waals surface area contributed by atoms with Gasteiger partial charge < -0.3 is 19.7 Å². The molecule has 0 aliphatic heterocycles. The van der Waals surface area contributed by atoms with Crippen molar-refractivity contribution < 1.29 is 36.8 Å². The predicted octanol–water partition coefficient (Wildman–Crippen LogP) is 14.9. The van der Waals surface area contributed by atoms with E-state index in [2.05, 4.69) is 23.8 Å². The van der Waals surface area contributed by atoms with Crippen molar-refractivity contribution in [1.29, 1.82) is 0 Å². The zero-order valence-corrected chi connectivity index (χ0v) is 39.4. The molecule has 6 nitrogen and oxygen atoms in total. The second kappa shape index (κ2) is 43.6. The number of hydrogen-bond acceptors (Lipinski definition) is 6. The van der Waals surface area contributed by atoms with Crippen molar-refractivity contribution in [2.45, 2.75) is 219 Å². The molecule has 0 aliphatic rings. The van der Waals surface area contributed by atoms with Crippen molar-refractivity contribution in [2.24, 2.45) is 9.98 Å². The smallest absolute Gasteiger partial charge is 0.870 e. The first-order valence-corrected chi connectivity index (χ1v) is 24.3. The number of benzene rings is 2. The minimum absolute atomic E-state index is 0. The average Bonchev–Trinajstić information content (AvgIpc) is 3.24. The van der Waals surface area contributed by atoms with Gasteiger partial charge in [-0.05, 0) is 36.1 Å². The molecule has 7 heteroatoms. The van der Waals surface area contributed by atoms with Crippen LogP contribution in [0.15, 0.2) is 46.4 Å². The van der Waals surface area contributed by atoms with E-state index < -0.39 is 0 Å². The van der Waals surface area contributed by atoms with Crippen molar-refractivity contribution in [3.05, 3.63) is 47.5 Å². The SMILES string of the molecule is CCCCCCCCCCCCCCCCCCN=Cc1cccc(OC)c1[O-].CCCCCCCCCCCCCCCCCCN=Cc1cccc(OC)c1[O-].[Cu+2]. The molecule has 0 spiro atoms. The molecule has 0 saturated carbocycles. The number of unbranched alkanes of at least 4 members (excludes halogenated alkanes) is 30. The number of para-hydroxylation sites is 2. The molecule has 59 heavy (non-hydrogen) atoms. The first-order valence-electron chi connectivity index (χ1n) is 24.3. The number of aliphatic imine (C=N–C) groups is 2. The summed E-state index contributed by atoms with van der Waals surface area (Å²) in [6.45, 7) is 6.17. The Morgan fingerprint density at radius 2 is 0.627 bits per heavy atom. The van der Waals surface area contributed by atoms with Crippen molar-refractivity contribution in [1.82, 2.24) is 0 Å². The molecule has 0 bridgehead atoms. The van der Waals surface area contributed by atoms with Gasteiger partial charge in [-0.1, -0.05) is 242 Å². The molecule has 0 aliphatic carbocycles. The number of ether oxygens (including phenoxy) is 2. The maximum absolute atomic E-state index is 12.0. The van der Waals surface area contributed by atoms with Gasteiger partial charge in [-0.25, -0.2) is 0 Å². The molecule has 0 N–H and O–H groups in total. The molecule has 0 fully saturated rings. The molecule has 341 valence electrons. The van der Waals surface area contributed by atoms with Gasteiger partial charge in [-0.2, -0.15) is 0 Å². The Balaban J connectivity index is 0.00000112. The van der Waals surface area contributed by atoms with Crippen LogP contribution in [0.2, 0.25) is 0 Å². The number of hydrogen-bond donors (Lipinski definition) is 0. The van der Waals surface area contributed by atoms with Gasteiger partial charge in [0, 0.05) is 25.5 Å². The van der Waals surface area contributed by atoms with E-state index in [9.17, 15) is 10.2 Å². The fourth-order valence-electron chi connectivity index (χ4n) is 7.42. The summed E-state index contributed by atoms with van der Waals surface area (Å²) in [5.41, 5.74) is 1.22. The van der Waals surface area contributed by atoms with E-state index in [4.69, 9.17) is 9.47 Å². The van der Waals surface area contributed by atoms with Crippen molar-refractivity contribution >= 4 is 12.4 Å². The maximum Gasteiger partial charge on any atom is 2.00 e. The van der Waals surface area contributed by atoms with Gasteiger partial charge in [0.15, 0.2) is 0 Å². The van der Waals surface area contributed by atoms with E-state index in [1.807, 2.05) is 12.1 Å². The summed E-state index contributed by atoms with van der Waals surface area (Å²) in [6, 6.07) is 10.6. The van der Waals surface area contributed by atoms with Crippen molar-refractivity contribution in [2.75, 3.05) is 27.3 Å². The summed E-state index contributed by atoms with van der Waals surface area (Å²) in [7, 11) is 3.04. The van der Waals surface area contributed by atoms with Gasteiger partial charge in [0.1, 0.15) is 11.5 Å². The van der Waals surface area contributed by atoms with Crippen molar-refractivity contribution in [3.8, 4) is 23.0 Å². The third-order valence-corrected chi connectivity index (χ3v) is 11.2. The van der Waals surface area contributed by atoms with Gasteiger partial charge in [0.2, 0.25) is 0 Å². The summed E-state index contributed by atoms with van der Waals surface area (Å²) in [6.07, 6.45) is 47.4. The van der Waals surface area contributed by atoms with E-state index in [1.165, 1.54) is 207 Å². The quantitative estimate of drug-likeness (QED) is 0.0382. The third-order valence-electron chi connectivity index (χ3n) is 11.2. The Kier molecular flexibility index (Phi) is 41.7. The molecule has 2 aromatic rings. The molecule has 0 aromatic heterocycles. The van der Waals surface area contributed by atoms with E-state index in [0.717, 1.165) is 25.9 Å². The van der Waals surface area contributed by atoms with Crippen LogP contribution < -0.4 is 19.7 Å². The first-order chi connectivity index (χ1) is 28.6. The van der Waals surface area contributed by atoms with E-state index in [0.29, 0.717) is 22.6 Å². The predicted molar refractivity (Wildman–Crippen MR) is 249 cm³/mol. The third kappa shape index (κ3) is 32.9. The van der Waals surface area contributed by atoms with Crippen LogP contribution in [0.5, 0.6) is 23.0 Å². The van der Waals surface area contributed by atoms with E-state index in [-0.39, 0.29) is 28.6 Å². The van der Waals surface area contributed by atoms with E-state index in [1.54, 1.807) is 36.7 Å². The molecule has 0 amide bonds. The molecular formula is C52H88CuN2O4. The molecule has 2 aromatic carbocycles. The largest absolute Gasteiger partial charge is 2.00 e. The molecule has 0 saturated heterocycles. The van der Waals surface area contributed by atoms with Crippen LogP contribution >= 0.6 is 0 Å². The van der Waals surface area contributed by atoms with E-state index >= 15 is 0 Å². The Morgan fingerprint density at radius 1 is 0.390 bits per heavy atom. The first kappa shape index (κ1) is 56.5. The fraction of sp³-hybridized carbons (Fsp3) is 0.731. The fourth-order valence-corrected chi connectivity index (χ4v) is 7.42. The second-order valence-corrected chi connectivity index (χ2v) is 16.4. The second-order valence-electron chi connectivity index (χ2n) is 16.4. The molecule has 2 rings (SSSR count). The number of methoxy groups -OCH3 is 2. The van der Waals surface area contributed by atoms with Gasteiger partial charge >= 0.3 is 17.1 Å². The minimum atomic E-state index is -0.0780. The van der Waals surface area contributed by atoms with Crippen LogP contribution in [0.1, 0.15) is 230 Å². The van der Waals surface area contributed by atoms with Gasteiger partial charge in [-0.15, -0.1) is 0 Å². The molecule has 0 heterocycles. The molecule has 0 unspecified atom stereocenters. The maximum atomic E-state index is 12.0. The van der Waals surface area contributed by atoms with Crippen LogP contribution in [0.25, 0.3) is 0 Å². The number of rotatable bonds is 38. The topological polar surface area (TPSA) is 89.3 Å². The van der Waals surface area contributed by atoms with Gasteiger partial charge in [0.05, 0.1) is 14.2 Å². The Morgan fingerprint density at radius 3 is 0.864 bits per heavy atom. The summed E-state index contributed by atoms with van der Waals surface area (Å²) in [4.78, 5) is 8.80. The number of nitrogens with zero attached hydrogens (tertiary/aromatic N) is 2. The van der Waals surface area contributed by atoms with Crippen LogP contribution in [0.3, 0.4) is 0 Å². The normalized spacial score (nSPS) is 11.2. The van der Waals surface area contributed by atoms with Crippen LogP contribution in [0, 0.1) is 0 Å². The molecular weight excluding hydrogens is 780 g/mol. The summed E-state index contributed by atoms with van der Waals surface area (Å²) in [5.74, 6) is 0.615. The monoisotopic (exact) mass is 868 g/mol. The van der Waals surface area contributed by atoms with Crippen LogP contribution in [0.4, 0.5) is 0 Å². The average molecular weight is 869 g/mol. The van der Waals surface area contributed by atoms with Crippen molar-refractivity contribution in [3.63, 3.8) is 0 Å². The summed E-state index contributed by atoms with van der Waals surface area (Å²) < 4.78 is 10.1. The standard InChI is InChI=1S/2C26H45NO2.Cu/c2*1-3-4-5-6-7-8-9-10-11-12-13-14-15-16-17-18-22-27-23-24-20-19-21-25(29-2)26(24)28;/h2*19-21,23,28H,3-18,22H2,1-2H3;/q;;+2/p-2. The molecule has 0 atom stereocenters. The van der Waals surface area contributed by atoms with Crippen LogP contribution in [-0.4, -0.2) is 39.7 Å². The Bertz CT molecular complexity index is 1160. The molecule has 1 radical (unpaired) electrons. The summed E-state index contributed by atoms with van der Waals surface area (Å²) >= 11 is 0. The van der Waals surface area contributed by atoms with Crippen LogP contribution in [-0.2, 0) is 17.1 Å². The summed E-state index contributed by atoms with van der Waals surface area (Å²) in [5, 5.41) is 24.0. The zero-order chi connectivity index (χ0) is 42.0. The minimum Gasteiger partial charge on any atom is -0.870 e. The Hall–Kier alpha value is -2.50.